The quantitative estimate of drug-likeness (QED) is 0.848. The highest BCUT2D eigenvalue weighted by Gasteiger charge is 2.30. The Morgan fingerprint density at radius 1 is 1.27 bits per heavy atom. The van der Waals surface area contributed by atoms with Crippen LogP contribution < -0.4 is 4.74 Å². The SMILES string of the molecule is Cc1cc(C)n([C@@H]2CCN(C(=O)CN3CCOc4ccccc4C3)C2)n1. The molecule has 0 spiro atoms. The zero-order valence-corrected chi connectivity index (χ0v) is 15.5. The van der Waals surface area contributed by atoms with Gasteiger partial charge in [0.05, 0.1) is 18.3 Å². The molecule has 6 heteroatoms. The lowest BCUT2D eigenvalue weighted by molar-refractivity contribution is -0.131. The maximum atomic E-state index is 12.8. The van der Waals surface area contributed by atoms with Crippen molar-refractivity contribution in [2.75, 3.05) is 32.8 Å². The molecule has 1 atom stereocenters. The number of rotatable bonds is 3. The molecule has 3 heterocycles. The predicted octanol–water partition coefficient (Wildman–Crippen LogP) is 2.17. The number of likely N-dealkylation sites (tertiary alicyclic amines) is 1. The van der Waals surface area contributed by atoms with Gasteiger partial charge in [-0.2, -0.15) is 5.10 Å². The number of hydrogen-bond donors (Lipinski definition) is 0. The fraction of sp³-hybridized carbons (Fsp3) is 0.500. The van der Waals surface area contributed by atoms with Crippen molar-refractivity contribution in [1.29, 1.82) is 0 Å². The van der Waals surface area contributed by atoms with Crippen molar-refractivity contribution in [2.45, 2.75) is 32.9 Å². The third-order valence-electron chi connectivity index (χ3n) is 5.30. The van der Waals surface area contributed by atoms with Crippen LogP contribution in [0.5, 0.6) is 5.75 Å². The largest absolute Gasteiger partial charge is 0.492 e. The number of nitrogens with zero attached hydrogens (tertiary/aromatic N) is 4. The minimum absolute atomic E-state index is 0.202. The molecule has 2 aliphatic heterocycles. The van der Waals surface area contributed by atoms with E-state index in [1.807, 2.05) is 30.0 Å². The molecule has 0 aliphatic carbocycles. The second kappa shape index (κ2) is 7.11. The van der Waals surface area contributed by atoms with Crippen molar-refractivity contribution in [3.05, 3.63) is 47.3 Å². The van der Waals surface area contributed by atoms with Crippen LogP contribution in [0.3, 0.4) is 0 Å². The molecule has 0 bridgehead atoms. The first kappa shape index (κ1) is 17.1. The molecule has 1 aromatic carbocycles. The first-order valence-corrected chi connectivity index (χ1v) is 9.34. The number of amides is 1. The average Bonchev–Trinajstić information content (AvgIpc) is 3.16. The zero-order chi connectivity index (χ0) is 18.1. The van der Waals surface area contributed by atoms with E-state index >= 15 is 0 Å². The Hall–Kier alpha value is -2.34. The molecule has 2 aliphatic rings. The molecule has 4 rings (SSSR count). The molecule has 26 heavy (non-hydrogen) atoms. The molecule has 6 nitrogen and oxygen atoms in total. The minimum Gasteiger partial charge on any atom is -0.492 e. The van der Waals surface area contributed by atoms with Gasteiger partial charge < -0.3 is 9.64 Å². The molecule has 138 valence electrons. The van der Waals surface area contributed by atoms with Crippen LogP contribution in [0, 0.1) is 13.8 Å². The Kier molecular flexibility index (Phi) is 4.68. The monoisotopic (exact) mass is 354 g/mol. The summed E-state index contributed by atoms with van der Waals surface area (Å²) in [5.41, 5.74) is 3.36. The number of ether oxygens (including phenoxy) is 1. The van der Waals surface area contributed by atoms with Gasteiger partial charge in [-0.25, -0.2) is 0 Å². The van der Waals surface area contributed by atoms with Gasteiger partial charge >= 0.3 is 0 Å². The molecular formula is C20H26N4O2. The van der Waals surface area contributed by atoms with E-state index in [-0.39, 0.29) is 5.91 Å². The molecule has 0 saturated carbocycles. The van der Waals surface area contributed by atoms with E-state index in [0.29, 0.717) is 19.2 Å². The van der Waals surface area contributed by atoms with Crippen LogP contribution in [0.4, 0.5) is 0 Å². The van der Waals surface area contributed by atoms with Crippen molar-refractivity contribution in [3.63, 3.8) is 0 Å². The van der Waals surface area contributed by atoms with Gasteiger partial charge in [0, 0.05) is 37.4 Å². The summed E-state index contributed by atoms with van der Waals surface area (Å²) in [7, 11) is 0. The first-order valence-electron chi connectivity index (χ1n) is 9.34. The summed E-state index contributed by atoms with van der Waals surface area (Å²) in [6, 6.07) is 10.5. The Labute approximate surface area is 154 Å². The van der Waals surface area contributed by atoms with Gasteiger partial charge in [-0.05, 0) is 32.4 Å². The number of benzene rings is 1. The van der Waals surface area contributed by atoms with Crippen LogP contribution in [-0.2, 0) is 11.3 Å². The summed E-state index contributed by atoms with van der Waals surface area (Å²) in [6.45, 7) is 8.26. The number of carbonyl (C=O) groups is 1. The summed E-state index contributed by atoms with van der Waals surface area (Å²) >= 11 is 0. The third kappa shape index (κ3) is 3.46. The Balaban J connectivity index is 1.37. The van der Waals surface area contributed by atoms with E-state index in [2.05, 4.69) is 33.7 Å². The molecular weight excluding hydrogens is 328 g/mol. The number of aromatic nitrogens is 2. The number of fused-ring (bicyclic) bond motifs is 1. The lowest BCUT2D eigenvalue weighted by Gasteiger charge is -2.23. The van der Waals surface area contributed by atoms with Gasteiger partial charge in [-0.3, -0.25) is 14.4 Å². The van der Waals surface area contributed by atoms with E-state index in [1.54, 1.807) is 0 Å². The average molecular weight is 354 g/mol. The molecule has 1 saturated heterocycles. The van der Waals surface area contributed by atoms with Crippen LogP contribution in [0.25, 0.3) is 0 Å². The van der Waals surface area contributed by atoms with Gasteiger partial charge in [0.15, 0.2) is 0 Å². The summed E-state index contributed by atoms with van der Waals surface area (Å²) < 4.78 is 7.88. The highest BCUT2D eigenvalue weighted by atomic mass is 16.5. The number of carbonyl (C=O) groups excluding carboxylic acids is 1. The van der Waals surface area contributed by atoms with E-state index in [4.69, 9.17) is 4.74 Å². The standard InChI is InChI=1S/C20H26N4O2/c1-15-11-16(2)24(21-15)18-7-8-23(13-18)20(25)14-22-9-10-26-19-6-4-3-5-17(19)12-22/h3-6,11,18H,7-10,12-14H2,1-2H3/t18-/m1/s1. The fourth-order valence-corrected chi connectivity index (χ4v) is 3.99. The van der Waals surface area contributed by atoms with Crippen LogP contribution in [0.15, 0.2) is 30.3 Å². The Bertz CT molecular complexity index is 801. The van der Waals surface area contributed by atoms with E-state index in [1.165, 1.54) is 5.69 Å². The van der Waals surface area contributed by atoms with Crippen LogP contribution in [-0.4, -0.2) is 58.3 Å². The predicted molar refractivity (Wildman–Crippen MR) is 99.1 cm³/mol. The highest BCUT2D eigenvalue weighted by molar-refractivity contribution is 5.78. The molecule has 2 aromatic rings. The number of para-hydroxylation sites is 1. The van der Waals surface area contributed by atoms with Gasteiger partial charge in [-0.15, -0.1) is 0 Å². The van der Waals surface area contributed by atoms with Crippen LogP contribution in [0.2, 0.25) is 0 Å². The second-order valence-electron chi connectivity index (χ2n) is 7.32. The summed E-state index contributed by atoms with van der Waals surface area (Å²) in [4.78, 5) is 17.0. The van der Waals surface area contributed by atoms with E-state index in [9.17, 15) is 4.79 Å². The molecule has 1 fully saturated rings. The summed E-state index contributed by atoms with van der Waals surface area (Å²) in [6.07, 6.45) is 0.972. The fourth-order valence-electron chi connectivity index (χ4n) is 3.99. The van der Waals surface area contributed by atoms with Gasteiger partial charge in [0.2, 0.25) is 5.91 Å². The first-order chi connectivity index (χ1) is 12.6. The Morgan fingerprint density at radius 3 is 2.92 bits per heavy atom. The van der Waals surface area contributed by atoms with Crippen LogP contribution in [0.1, 0.15) is 29.4 Å². The molecule has 1 amide bonds. The summed E-state index contributed by atoms with van der Waals surface area (Å²) in [5.74, 6) is 1.14. The zero-order valence-electron chi connectivity index (χ0n) is 15.5. The lowest BCUT2D eigenvalue weighted by Crippen LogP contribution is -2.40. The van der Waals surface area contributed by atoms with Crippen molar-refractivity contribution in [3.8, 4) is 5.75 Å². The number of hydrogen-bond acceptors (Lipinski definition) is 4. The smallest absolute Gasteiger partial charge is 0.236 e. The topological polar surface area (TPSA) is 50.6 Å². The normalized spacial score (nSPS) is 20.5. The second-order valence-corrected chi connectivity index (χ2v) is 7.32. The maximum Gasteiger partial charge on any atom is 0.236 e. The third-order valence-corrected chi connectivity index (χ3v) is 5.30. The molecule has 0 radical (unpaired) electrons. The molecule has 1 aromatic heterocycles. The van der Waals surface area contributed by atoms with E-state index in [0.717, 1.165) is 49.6 Å². The van der Waals surface area contributed by atoms with Gasteiger partial charge in [0.25, 0.3) is 0 Å². The molecule has 0 N–H and O–H groups in total. The van der Waals surface area contributed by atoms with Crippen molar-refractivity contribution in [1.82, 2.24) is 19.6 Å². The van der Waals surface area contributed by atoms with Crippen molar-refractivity contribution in [2.24, 2.45) is 0 Å². The van der Waals surface area contributed by atoms with E-state index < -0.39 is 0 Å². The minimum atomic E-state index is 0.202. The van der Waals surface area contributed by atoms with Crippen molar-refractivity contribution < 1.29 is 9.53 Å². The van der Waals surface area contributed by atoms with Gasteiger partial charge in [0.1, 0.15) is 12.4 Å². The highest BCUT2D eigenvalue weighted by Crippen LogP contribution is 2.25. The Morgan fingerprint density at radius 2 is 2.12 bits per heavy atom. The van der Waals surface area contributed by atoms with Crippen LogP contribution >= 0.6 is 0 Å². The van der Waals surface area contributed by atoms with Gasteiger partial charge in [-0.1, -0.05) is 18.2 Å². The lowest BCUT2D eigenvalue weighted by atomic mass is 10.2. The van der Waals surface area contributed by atoms with Crippen molar-refractivity contribution >= 4 is 5.91 Å². The molecule has 0 unspecified atom stereocenters. The number of aryl methyl sites for hydroxylation is 2. The summed E-state index contributed by atoms with van der Waals surface area (Å²) in [5, 5.41) is 4.59. The maximum absolute atomic E-state index is 12.8.